The number of para-hydroxylation sites is 1. The van der Waals surface area contributed by atoms with E-state index >= 15 is 0 Å². The Morgan fingerprint density at radius 2 is 2.11 bits per heavy atom. The molecule has 1 N–H and O–H groups in total. The molecular formula is C16H24N2S. The van der Waals surface area contributed by atoms with Crippen molar-refractivity contribution in [2.24, 2.45) is 0 Å². The molecule has 1 aliphatic heterocycles. The van der Waals surface area contributed by atoms with E-state index in [2.05, 4.69) is 48.3 Å². The highest BCUT2D eigenvalue weighted by Gasteiger charge is 2.38. The van der Waals surface area contributed by atoms with Crippen LogP contribution < -0.4 is 5.32 Å². The lowest BCUT2D eigenvalue weighted by Gasteiger charge is -2.20. The Labute approximate surface area is 121 Å². The highest BCUT2D eigenvalue weighted by molar-refractivity contribution is 7.99. The molecule has 0 amide bonds. The summed E-state index contributed by atoms with van der Waals surface area (Å²) in [4.78, 5) is 4.09. The third kappa shape index (κ3) is 3.09. The number of benzene rings is 1. The van der Waals surface area contributed by atoms with Crippen LogP contribution in [0.4, 0.5) is 5.69 Å². The lowest BCUT2D eigenvalue weighted by Crippen LogP contribution is -2.31. The summed E-state index contributed by atoms with van der Waals surface area (Å²) in [6, 6.07) is 11.0. The second kappa shape index (κ2) is 5.76. The van der Waals surface area contributed by atoms with Crippen molar-refractivity contribution in [1.29, 1.82) is 0 Å². The number of hydrogen-bond acceptors (Lipinski definition) is 3. The van der Waals surface area contributed by atoms with Crippen LogP contribution >= 0.6 is 11.8 Å². The van der Waals surface area contributed by atoms with Crippen LogP contribution in [-0.2, 0) is 0 Å². The molecule has 1 aliphatic carbocycles. The van der Waals surface area contributed by atoms with Gasteiger partial charge in [-0.05, 0) is 44.1 Å². The first-order valence-corrected chi connectivity index (χ1v) is 8.50. The topological polar surface area (TPSA) is 15.3 Å². The van der Waals surface area contributed by atoms with Gasteiger partial charge in [0.05, 0.1) is 0 Å². The minimum atomic E-state index is 0.620. The van der Waals surface area contributed by atoms with Gasteiger partial charge in [0.2, 0.25) is 0 Å². The Kier molecular flexibility index (Phi) is 4.04. The van der Waals surface area contributed by atoms with E-state index in [1.807, 2.05) is 11.8 Å². The molecule has 2 unspecified atom stereocenters. The molecule has 0 spiro atoms. The molecule has 0 radical (unpaired) electrons. The highest BCUT2D eigenvalue weighted by atomic mass is 32.2. The fraction of sp³-hybridized carbons (Fsp3) is 0.625. The summed E-state index contributed by atoms with van der Waals surface area (Å²) in [5.41, 5.74) is 1.32. The minimum Gasteiger partial charge on any atom is -0.380 e. The van der Waals surface area contributed by atoms with Crippen LogP contribution in [0.25, 0.3) is 0 Å². The van der Waals surface area contributed by atoms with E-state index in [9.17, 15) is 0 Å². The summed E-state index contributed by atoms with van der Waals surface area (Å²) in [5, 5.41) is 3.77. The van der Waals surface area contributed by atoms with E-state index in [0.29, 0.717) is 6.04 Å². The first-order chi connectivity index (χ1) is 9.28. The van der Waals surface area contributed by atoms with Crippen molar-refractivity contribution < 1.29 is 0 Å². The van der Waals surface area contributed by atoms with Gasteiger partial charge in [-0.2, -0.15) is 0 Å². The van der Waals surface area contributed by atoms with Crippen molar-refractivity contribution in [3.8, 4) is 0 Å². The Bertz CT molecular complexity index is 431. The molecule has 2 nitrogen and oxygen atoms in total. The zero-order valence-electron chi connectivity index (χ0n) is 11.9. The van der Waals surface area contributed by atoms with Gasteiger partial charge in [0.1, 0.15) is 0 Å². The Balaban J connectivity index is 1.65. The molecule has 1 heterocycles. The van der Waals surface area contributed by atoms with Crippen molar-refractivity contribution in [3.63, 3.8) is 0 Å². The van der Waals surface area contributed by atoms with Gasteiger partial charge >= 0.3 is 0 Å². The van der Waals surface area contributed by atoms with Gasteiger partial charge in [-0.1, -0.05) is 19.1 Å². The smallest absolute Gasteiger partial charge is 0.0480 e. The maximum Gasteiger partial charge on any atom is 0.0480 e. The lowest BCUT2D eigenvalue weighted by atomic mass is 10.2. The Hall–Kier alpha value is -0.670. The first-order valence-electron chi connectivity index (χ1n) is 7.52. The van der Waals surface area contributed by atoms with Crippen molar-refractivity contribution in [3.05, 3.63) is 24.3 Å². The van der Waals surface area contributed by atoms with Crippen LogP contribution in [0.2, 0.25) is 0 Å². The normalized spacial score (nSPS) is 27.7. The van der Waals surface area contributed by atoms with Crippen LogP contribution in [0.5, 0.6) is 0 Å². The minimum absolute atomic E-state index is 0.620. The third-order valence-electron chi connectivity index (χ3n) is 4.19. The third-order valence-corrected chi connectivity index (χ3v) is 5.14. The number of nitrogens with one attached hydrogen (secondary N) is 1. The quantitative estimate of drug-likeness (QED) is 0.823. The molecule has 1 saturated heterocycles. The van der Waals surface area contributed by atoms with Crippen molar-refractivity contribution in [1.82, 2.24) is 4.90 Å². The van der Waals surface area contributed by atoms with Gasteiger partial charge in [-0.15, -0.1) is 11.8 Å². The molecule has 104 valence electrons. The summed E-state index contributed by atoms with van der Waals surface area (Å²) in [7, 11) is 0. The number of nitrogens with zero attached hydrogens (tertiary/aromatic N) is 1. The summed E-state index contributed by atoms with van der Waals surface area (Å²) < 4.78 is 0. The highest BCUT2D eigenvalue weighted by Crippen LogP contribution is 2.35. The summed E-state index contributed by atoms with van der Waals surface area (Å²) in [6.07, 6.45) is 4.11. The van der Waals surface area contributed by atoms with Gasteiger partial charge in [-0.25, -0.2) is 0 Å². The van der Waals surface area contributed by atoms with Gasteiger partial charge in [0.25, 0.3) is 0 Å². The number of anilines is 1. The fourth-order valence-electron chi connectivity index (χ4n) is 3.16. The zero-order valence-corrected chi connectivity index (χ0v) is 12.7. The average Bonchev–Trinajstić information content (AvgIpc) is 3.17. The predicted octanol–water partition coefficient (Wildman–Crippen LogP) is 3.84. The molecule has 2 fully saturated rings. The summed E-state index contributed by atoms with van der Waals surface area (Å²) in [5.74, 6) is 1.13. The maximum atomic E-state index is 3.77. The largest absolute Gasteiger partial charge is 0.380 e. The van der Waals surface area contributed by atoms with Gasteiger partial charge in [0, 0.05) is 35.3 Å². The van der Waals surface area contributed by atoms with Crippen LogP contribution in [0.3, 0.4) is 0 Å². The van der Waals surface area contributed by atoms with Gasteiger partial charge in [0.15, 0.2) is 0 Å². The molecule has 2 aliphatic rings. The zero-order chi connectivity index (χ0) is 13.2. The molecule has 0 bridgehead atoms. The van der Waals surface area contributed by atoms with Crippen molar-refractivity contribution in [2.45, 2.75) is 56.1 Å². The molecule has 3 heteroatoms. The van der Waals surface area contributed by atoms with Crippen LogP contribution in [0.1, 0.15) is 33.1 Å². The molecule has 19 heavy (non-hydrogen) atoms. The van der Waals surface area contributed by atoms with E-state index in [-0.39, 0.29) is 0 Å². The van der Waals surface area contributed by atoms with Crippen molar-refractivity contribution >= 4 is 17.4 Å². The van der Waals surface area contributed by atoms with E-state index in [1.165, 1.54) is 36.4 Å². The molecule has 0 aromatic heterocycles. The molecule has 1 aromatic carbocycles. The monoisotopic (exact) mass is 276 g/mol. The van der Waals surface area contributed by atoms with Gasteiger partial charge < -0.3 is 5.32 Å². The van der Waals surface area contributed by atoms with E-state index in [0.717, 1.165) is 17.8 Å². The number of thioether (sulfide) groups is 1. The van der Waals surface area contributed by atoms with E-state index in [1.54, 1.807) is 0 Å². The molecular weight excluding hydrogens is 252 g/mol. The standard InChI is InChI=1S/C16H24N2S/c1-3-19-16-7-5-4-6-15(16)17-13-10-12(2)18(11-13)14-8-9-14/h4-7,12-14,17H,3,8-11H2,1-2H3. The average molecular weight is 276 g/mol. The summed E-state index contributed by atoms with van der Waals surface area (Å²) in [6.45, 7) is 5.82. The van der Waals surface area contributed by atoms with Gasteiger partial charge in [-0.3, -0.25) is 4.90 Å². The predicted molar refractivity (Wildman–Crippen MR) is 84.1 cm³/mol. The Morgan fingerprint density at radius 1 is 1.32 bits per heavy atom. The molecule has 3 rings (SSSR count). The SMILES string of the molecule is CCSc1ccccc1NC1CC(C)N(C2CC2)C1. The molecule has 2 atom stereocenters. The van der Waals surface area contributed by atoms with Crippen LogP contribution in [0, 0.1) is 0 Å². The van der Waals surface area contributed by atoms with E-state index < -0.39 is 0 Å². The van der Waals surface area contributed by atoms with Crippen molar-refractivity contribution in [2.75, 3.05) is 17.6 Å². The van der Waals surface area contributed by atoms with E-state index in [4.69, 9.17) is 0 Å². The van der Waals surface area contributed by atoms with Crippen LogP contribution in [0.15, 0.2) is 29.2 Å². The lowest BCUT2D eigenvalue weighted by molar-refractivity contribution is 0.257. The fourth-order valence-corrected chi connectivity index (χ4v) is 3.93. The first kappa shape index (κ1) is 13.3. The number of rotatable bonds is 5. The second-order valence-corrected chi connectivity index (χ2v) is 7.09. The maximum absolute atomic E-state index is 3.77. The number of hydrogen-bond donors (Lipinski definition) is 1. The molecule has 1 saturated carbocycles. The molecule has 1 aromatic rings. The summed E-state index contributed by atoms with van der Waals surface area (Å²) >= 11 is 1.93. The number of likely N-dealkylation sites (tertiary alicyclic amines) is 1. The van der Waals surface area contributed by atoms with Crippen LogP contribution in [-0.4, -0.2) is 35.3 Å². The second-order valence-electron chi connectivity index (χ2n) is 5.78. The Morgan fingerprint density at radius 3 is 2.84 bits per heavy atom.